The maximum atomic E-state index is 5.00. The van der Waals surface area contributed by atoms with Crippen molar-refractivity contribution in [1.82, 2.24) is 0 Å². The van der Waals surface area contributed by atoms with Crippen molar-refractivity contribution < 1.29 is 9.47 Å². The Hall–Kier alpha value is -0.600. The van der Waals surface area contributed by atoms with Gasteiger partial charge in [-0.15, -0.1) is 0 Å². The molecule has 76 valence electrons. The highest BCUT2D eigenvalue weighted by atomic mass is 16.7. The third-order valence-electron chi connectivity index (χ3n) is 1.66. The van der Waals surface area contributed by atoms with Crippen LogP contribution in [-0.2, 0) is 9.47 Å². The topological polar surface area (TPSA) is 18.5 Å². The van der Waals surface area contributed by atoms with Gasteiger partial charge in [0.05, 0.1) is 0 Å². The van der Waals surface area contributed by atoms with Gasteiger partial charge in [0.15, 0.2) is 6.29 Å². The third-order valence-corrected chi connectivity index (χ3v) is 1.66. The van der Waals surface area contributed by atoms with E-state index in [1.807, 2.05) is 6.08 Å². The van der Waals surface area contributed by atoms with E-state index in [0.717, 1.165) is 19.3 Å². The summed E-state index contributed by atoms with van der Waals surface area (Å²) in [5, 5.41) is 0. The van der Waals surface area contributed by atoms with E-state index in [4.69, 9.17) is 9.47 Å². The average molecular weight is 184 g/mol. The highest BCUT2D eigenvalue weighted by Gasteiger charge is 1.95. The van der Waals surface area contributed by atoms with Crippen LogP contribution in [0.5, 0.6) is 0 Å². The molecule has 0 aliphatic heterocycles. The lowest BCUT2D eigenvalue weighted by Gasteiger charge is -2.06. The van der Waals surface area contributed by atoms with Crippen LogP contribution in [0.15, 0.2) is 24.3 Å². The molecule has 0 radical (unpaired) electrons. The molecule has 0 N–H and O–H groups in total. The highest BCUT2D eigenvalue weighted by Crippen LogP contribution is 1.98. The van der Waals surface area contributed by atoms with Crippen LogP contribution in [0.3, 0.4) is 0 Å². The van der Waals surface area contributed by atoms with Gasteiger partial charge in [0.25, 0.3) is 0 Å². The molecule has 2 nitrogen and oxygen atoms in total. The molecular weight excluding hydrogens is 164 g/mol. The first-order valence-electron chi connectivity index (χ1n) is 4.72. The first-order valence-corrected chi connectivity index (χ1v) is 4.72. The molecule has 0 bridgehead atoms. The second kappa shape index (κ2) is 9.49. The monoisotopic (exact) mass is 184 g/mol. The first-order chi connectivity index (χ1) is 6.35. The lowest BCUT2D eigenvalue weighted by atomic mass is 10.2. The number of ether oxygens (including phenoxy) is 2. The van der Waals surface area contributed by atoms with Gasteiger partial charge >= 0.3 is 0 Å². The fraction of sp³-hybridized carbons (Fsp3) is 0.636. The summed E-state index contributed by atoms with van der Waals surface area (Å²) in [6, 6.07) is 0. The summed E-state index contributed by atoms with van der Waals surface area (Å²) in [4.78, 5) is 0. The Bertz CT molecular complexity index is 146. The third kappa shape index (κ3) is 7.75. The van der Waals surface area contributed by atoms with E-state index >= 15 is 0 Å². The Morgan fingerprint density at radius 2 is 1.62 bits per heavy atom. The summed E-state index contributed by atoms with van der Waals surface area (Å²) < 4.78 is 10.0. The summed E-state index contributed by atoms with van der Waals surface area (Å²) in [5.74, 6) is 0. The number of hydrogen-bond acceptors (Lipinski definition) is 2. The Balaban J connectivity index is 3.44. The molecule has 0 aromatic rings. The summed E-state index contributed by atoms with van der Waals surface area (Å²) in [5.41, 5.74) is 0. The van der Waals surface area contributed by atoms with E-state index < -0.39 is 0 Å². The van der Waals surface area contributed by atoms with Crippen LogP contribution in [0.25, 0.3) is 0 Å². The minimum absolute atomic E-state index is 0.199. The molecular formula is C11H20O2. The summed E-state index contributed by atoms with van der Waals surface area (Å²) >= 11 is 0. The van der Waals surface area contributed by atoms with Crippen molar-refractivity contribution in [1.29, 1.82) is 0 Å². The van der Waals surface area contributed by atoms with E-state index in [0.29, 0.717) is 0 Å². The van der Waals surface area contributed by atoms with Gasteiger partial charge in [-0.2, -0.15) is 0 Å². The lowest BCUT2D eigenvalue weighted by molar-refractivity contribution is -0.0667. The zero-order valence-electron chi connectivity index (χ0n) is 8.82. The normalized spacial score (nSPS) is 12.3. The first kappa shape index (κ1) is 12.4. The number of rotatable bonds is 7. The molecule has 0 amide bonds. The second-order valence-corrected chi connectivity index (χ2v) is 2.72. The summed E-state index contributed by atoms with van der Waals surface area (Å²) in [6.45, 7) is 2.14. The molecule has 0 rings (SSSR count). The Morgan fingerprint density at radius 1 is 1.00 bits per heavy atom. The van der Waals surface area contributed by atoms with E-state index in [1.54, 1.807) is 14.2 Å². The van der Waals surface area contributed by atoms with Gasteiger partial charge in [-0.25, -0.2) is 0 Å². The predicted molar refractivity (Wildman–Crippen MR) is 55.6 cm³/mol. The summed E-state index contributed by atoms with van der Waals surface area (Å²) in [7, 11) is 3.27. The van der Waals surface area contributed by atoms with Crippen molar-refractivity contribution in [3.05, 3.63) is 24.3 Å². The van der Waals surface area contributed by atoms with Gasteiger partial charge in [-0.05, 0) is 25.3 Å². The van der Waals surface area contributed by atoms with Gasteiger partial charge in [0.1, 0.15) is 0 Å². The van der Waals surface area contributed by atoms with Crippen molar-refractivity contribution in [2.24, 2.45) is 0 Å². The SMILES string of the molecule is CC/C=C\CC/C=C\C(OC)OC. The maximum Gasteiger partial charge on any atom is 0.176 e. The van der Waals surface area contributed by atoms with Gasteiger partial charge in [0, 0.05) is 14.2 Å². The molecule has 0 aromatic carbocycles. The highest BCUT2D eigenvalue weighted by molar-refractivity contribution is 4.89. The largest absolute Gasteiger partial charge is 0.352 e. The zero-order chi connectivity index (χ0) is 9.94. The van der Waals surface area contributed by atoms with Crippen LogP contribution < -0.4 is 0 Å². The predicted octanol–water partition coefficient (Wildman–Crippen LogP) is 2.91. The fourth-order valence-corrected chi connectivity index (χ4v) is 0.938. The standard InChI is InChI=1S/C11H20O2/c1-4-5-6-7-8-9-10-11(12-2)13-3/h5-6,9-11H,4,7-8H2,1-3H3/b6-5-,10-9-. The van der Waals surface area contributed by atoms with Crippen molar-refractivity contribution in [3.8, 4) is 0 Å². The van der Waals surface area contributed by atoms with Crippen LogP contribution in [0, 0.1) is 0 Å². The number of methoxy groups -OCH3 is 2. The molecule has 0 saturated carbocycles. The van der Waals surface area contributed by atoms with Crippen molar-refractivity contribution in [2.75, 3.05) is 14.2 Å². The van der Waals surface area contributed by atoms with Crippen molar-refractivity contribution in [3.63, 3.8) is 0 Å². The number of unbranched alkanes of at least 4 members (excludes halogenated alkanes) is 1. The van der Waals surface area contributed by atoms with Gasteiger partial charge < -0.3 is 9.47 Å². The van der Waals surface area contributed by atoms with Gasteiger partial charge in [-0.1, -0.05) is 25.2 Å². The molecule has 0 heterocycles. The Kier molecular flexibility index (Phi) is 9.05. The van der Waals surface area contributed by atoms with Crippen molar-refractivity contribution >= 4 is 0 Å². The van der Waals surface area contributed by atoms with Crippen LogP contribution >= 0.6 is 0 Å². The quantitative estimate of drug-likeness (QED) is 0.344. The molecule has 0 spiro atoms. The van der Waals surface area contributed by atoms with Crippen LogP contribution in [0.1, 0.15) is 26.2 Å². The minimum Gasteiger partial charge on any atom is -0.352 e. The smallest absolute Gasteiger partial charge is 0.176 e. The molecule has 0 aliphatic rings. The Labute approximate surface area is 81.2 Å². The van der Waals surface area contributed by atoms with E-state index in [2.05, 4.69) is 25.2 Å². The molecule has 0 aliphatic carbocycles. The van der Waals surface area contributed by atoms with Gasteiger partial charge in [0.2, 0.25) is 0 Å². The maximum absolute atomic E-state index is 5.00. The van der Waals surface area contributed by atoms with Crippen molar-refractivity contribution in [2.45, 2.75) is 32.5 Å². The zero-order valence-corrected chi connectivity index (χ0v) is 8.82. The molecule has 0 fully saturated rings. The summed E-state index contributed by atoms with van der Waals surface area (Å²) in [6.07, 6.45) is 11.4. The minimum atomic E-state index is -0.199. The average Bonchev–Trinajstić information content (AvgIpc) is 2.17. The van der Waals surface area contributed by atoms with E-state index in [-0.39, 0.29) is 6.29 Å². The van der Waals surface area contributed by atoms with E-state index in [9.17, 15) is 0 Å². The number of hydrogen-bond donors (Lipinski definition) is 0. The second-order valence-electron chi connectivity index (χ2n) is 2.72. The van der Waals surface area contributed by atoms with Crippen LogP contribution in [0.4, 0.5) is 0 Å². The van der Waals surface area contributed by atoms with Gasteiger partial charge in [-0.3, -0.25) is 0 Å². The molecule has 0 unspecified atom stereocenters. The molecule has 0 saturated heterocycles. The molecule has 0 atom stereocenters. The number of allylic oxidation sites excluding steroid dienone is 3. The molecule has 13 heavy (non-hydrogen) atoms. The fourth-order valence-electron chi connectivity index (χ4n) is 0.938. The van der Waals surface area contributed by atoms with E-state index in [1.165, 1.54) is 0 Å². The van der Waals surface area contributed by atoms with Crippen LogP contribution in [-0.4, -0.2) is 20.5 Å². The Morgan fingerprint density at radius 3 is 2.15 bits per heavy atom. The van der Waals surface area contributed by atoms with Crippen LogP contribution in [0.2, 0.25) is 0 Å². The lowest BCUT2D eigenvalue weighted by Crippen LogP contribution is -2.08. The molecule has 0 aromatic heterocycles. The molecule has 2 heteroatoms.